The molecule has 0 bridgehead atoms. The maximum Gasteiger partial charge on any atom is 0.242 e. The first kappa shape index (κ1) is 21.0. The van der Waals surface area contributed by atoms with E-state index in [1.54, 1.807) is 24.0 Å². The van der Waals surface area contributed by atoms with Crippen LogP contribution in [0.5, 0.6) is 0 Å². The number of halogens is 1. The van der Waals surface area contributed by atoms with Crippen molar-refractivity contribution in [1.82, 2.24) is 10.2 Å². The molecule has 0 fully saturated rings. The molecule has 0 aliphatic rings. The largest absolute Gasteiger partial charge is 0.352 e. The summed E-state index contributed by atoms with van der Waals surface area (Å²) >= 11 is 6.03. The Morgan fingerprint density at radius 2 is 1.70 bits per heavy atom. The number of hydrogen-bond donors (Lipinski definition) is 1. The van der Waals surface area contributed by atoms with Gasteiger partial charge in [-0.15, -0.1) is 0 Å². The molecule has 1 N–H and O–H groups in total. The second-order valence-electron chi connectivity index (χ2n) is 7.15. The molecule has 144 valence electrons. The molecule has 0 saturated carbocycles. The molecular weight excluding hydrogens is 360 g/mol. The molecule has 1 atom stereocenters. The number of nitrogens with zero attached hydrogens (tertiary/aromatic N) is 1. The first-order chi connectivity index (χ1) is 12.8. The Labute approximate surface area is 166 Å². The van der Waals surface area contributed by atoms with E-state index in [-0.39, 0.29) is 24.3 Å². The minimum atomic E-state index is -0.569. The summed E-state index contributed by atoms with van der Waals surface area (Å²) in [5, 5.41) is 3.49. The van der Waals surface area contributed by atoms with Crippen LogP contribution in [0.2, 0.25) is 5.02 Å². The molecule has 27 heavy (non-hydrogen) atoms. The summed E-state index contributed by atoms with van der Waals surface area (Å²) in [4.78, 5) is 27.2. The van der Waals surface area contributed by atoms with Crippen molar-refractivity contribution in [2.45, 2.75) is 52.7 Å². The Morgan fingerprint density at radius 1 is 1.04 bits per heavy atom. The molecule has 2 amide bonds. The third-order valence-electron chi connectivity index (χ3n) is 4.32. The van der Waals surface area contributed by atoms with Crippen LogP contribution >= 0.6 is 11.6 Å². The van der Waals surface area contributed by atoms with E-state index in [1.807, 2.05) is 57.2 Å². The zero-order valence-corrected chi connectivity index (χ0v) is 17.1. The fraction of sp³-hybridized carbons (Fsp3) is 0.364. The van der Waals surface area contributed by atoms with Crippen molar-refractivity contribution in [1.29, 1.82) is 0 Å². The topological polar surface area (TPSA) is 49.4 Å². The summed E-state index contributed by atoms with van der Waals surface area (Å²) in [6.45, 7) is 7.98. The highest BCUT2D eigenvalue weighted by molar-refractivity contribution is 6.30. The molecule has 4 nitrogen and oxygen atoms in total. The number of benzene rings is 2. The standard InChI is InChI=1S/C22H27ClN2O2/c1-15(2)24-22(27)17(4)25(14-18-10-8-16(3)9-11-18)21(26)13-19-6-5-7-20(23)12-19/h5-12,15,17H,13-14H2,1-4H3,(H,24,27). The van der Waals surface area contributed by atoms with Crippen LogP contribution < -0.4 is 5.32 Å². The zero-order chi connectivity index (χ0) is 20.0. The summed E-state index contributed by atoms with van der Waals surface area (Å²) in [7, 11) is 0. The van der Waals surface area contributed by atoms with E-state index in [2.05, 4.69) is 5.32 Å². The van der Waals surface area contributed by atoms with Crippen molar-refractivity contribution >= 4 is 23.4 Å². The van der Waals surface area contributed by atoms with Crippen LogP contribution in [-0.4, -0.2) is 28.8 Å². The molecule has 2 aromatic rings. The normalized spacial score (nSPS) is 11.9. The average Bonchev–Trinajstić information content (AvgIpc) is 2.60. The Hall–Kier alpha value is -2.33. The quantitative estimate of drug-likeness (QED) is 0.777. The van der Waals surface area contributed by atoms with Gasteiger partial charge >= 0.3 is 0 Å². The number of rotatable bonds is 7. The maximum atomic E-state index is 13.0. The van der Waals surface area contributed by atoms with Gasteiger partial charge in [0.1, 0.15) is 6.04 Å². The summed E-state index contributed by atoms with van der Waals surface area (Å²) in [5.41, 5.74) is 2.98. The molecule has 0 heterocycles. The third kappa shape index (κ3) is 6.40. The van der Waals surface area contributed by atoms with Crippen LogP contribution in [0.15, 0.2) is 48.5 Å². The lowest BCUT2D eigenvalue weighted by atomic mass is 10.1. The van der Waals surface area contributed by atoms with Crippen molar-refractivity contribution in [2.75, 3.05) is 0 Å². The summed E-state index contributed by atoms with van der Waals surface area (Å²) in [6.07, 6.45) is 0.200. The molecule has 1 unspecified atom stereocenters. The van der Waals surface area contributed by atoms with Crippen LogP contribution in [0.1, 0.15) is 37.5 Å². The van der Waals surface area contributed by atoms with Gasteiger partial charge in [-0.05, 0) is 51.0 Å². The lowest BCUT2D eigenvalue weighted by Gasteiger charge is -2.29. The highest BCUT2D eigenvalue weighted by Crippen LogP contribution is 2.16. The number of nitrogens with one attached hydrogen (secondary N) is 1. The highest BCUT2D eigenvalue weighted by Gasteiger charge is 2.26. The van der Waals surface area contributed by atoms with Crippen molar-refractivity contribution in [2.24, 2.45) is 0 Å². The van der Waals surface area contributed by atoms with E-state index >= 15 is 0 Å². The molecule has 0 aromatic heterocycles. The smallest absolute Gasteiger partial charge is 0.242 e. The third-order valence-corrected chi connectivity index (χ3v) is 4.55. The molecule has 2 rings (SSSR count). The Morgan fingerprint density at radius 3 is 2.30 bits per heavy atom. The average molecular weight is 387 g/mol. The van der Waals surface area contributed by atoms with E-state index in [0.29, 0.717) is 11.6 Å². The van der Waals surface area contributed by atoms with Gasteiger partial charge in [0.15, 0.2) is 0 Å². The molecule has 0 aliphatic heterocycles. The van der Waals surface area contributed by atoms with Crippen molar-refractivity contribution in [3.63, 3.8) is 0 Å². The van der Waals surface area contributed by atoms with Gasteiger partial charge in [0.25, 0.3) is 0 Å². The summed E-state index contributed by atoms with van der Waals surface area (Å²) in [6, 6.07) is 14.7. The molecule has 0 radical (unpaired) electrons. The van der Waals surface area contributed by atoms with Crippen LogP contribution in [0.4, 0.5) is 0 Å². The van der Waals surface area contributed by atoms with Gasteiger partial charge in [0, 0.05) is 17.6 Å². The van der Waals surface area contributed by atoms with Crippen molar-refractivity contribution in [3.05, 3.63) is 70.2 Å². The molecular formula is C22H27ClN2O2. The lowest BCUT2D eigenvalue weighted by molar-refractivity contribution is -0.140. The fourth-order valence-corrected chi connectivity index (χ4v) is 3.01. The number of hydrogen-bond acceptors (Lipinski definition) is 2. The second-order valence-corrected chi connectivity index (χ2v) is 7.59. The van der Waals surface area contributed by atoms with Gasteiger partial charge in [-0.3, -0.25) is 9.59 Å². The van der Waals surface area contributed by atoms with E-state index in [9.17, 15) is 9.59 Å². The fourth-order valence-electron chi connectivity index (χ4n) is 2.80. The van der Waals surface area contributed by atoms with Crippen LogP contribution in [0, 0.1) is 6.92 Å². The van der Waals surface area contributed by atoms with Gasteiger partial charge in [-0.2, -0.15) is 0 Å². The van der Waals surface area contributed by atoms with E-state index < -0.39 is 6.04 Å². The van der Waals surface area contributed by atoms with Gasteiger partial charge in [0.2, 0.25) is 11.8 Å². The molecule has 0 aliphatic carbocycles. The zero-order valence-electron chi connectivity index (χ0n) is 16.3. The van der Waals surface area contributed by atoms with E-state index in [0.717, 1.165) is 16.7 Å². The molecule has 2 aromatic carbocycles. The van der Waals surface area contributed by atoms with Gasteiger partial charge in [0.05, 0.1) is 6.42 Å². The lowest BCUT2D eigenvalue weighted by Crippen LogP contribution is -2.49. The number of amides is 2. The first-order valence-electron chi connectivity index (χ1n) is 9.16. The van der Waals surface area contributed by atoms with Gasteiger partial charge < -0.3 is 10.2 Å². The molecule has 5 heteroatoms. The van der Waals surface area contributed by atoms with E-state index in [1.165, 1.54) is 0 Å². The van der Waals surface area contributed by atoms with Crippen molar-refractivity contribution in [3.8, 4) is 0 Å². The first-order valence-corrected chi connectivity index (χ1v) is 9.54. The highest BCUT2D eigenvalue weighted by atomic mass is 35.5. The van der Waals surface area contributed by atoms with Crippen LogP contribution in [-0.2, 0) is 22.6 Å². The van der Waals surface area contributed by atoms with Gasteiger partial charge in [-0.1, -0.05) is 53.6 Å². The van der Waals surface area contributed by atoms with Crippen molar-refractivity contribution < 1.29 is 9.59 Å². The maximum absolute atomic E-state index is 13.0. The number of carbonyl (C=O) groups is 2. The minimum absolute atomic E-state index is 0.0178. The Bertz CT molecular complexity index is 787. The van der Waals surface area contributed by atoms with E-state index in [4.69, 9.17) is 11.6 Å². The second kappa shape index (κ2) is 9.56. The molecule has 0 spiro atoms. The Kier molecular flexibility index (Phi) is 7.43. The van der Waals surface area contributed by atoms with Crippen LogP contribution in [0.3, 0.4) is 0 Å². The van der Waals surface area contributed by atoms with Gasteiger partial charge in [-0.25, -0.2) is 0 Å². The predicted molar refractivity (Wildman–Crippen MR) is 110 cm³/mol. The SMILES string of the molecule is Cc1ccc(CN(C(=O)Cc2cccc(Cl)c2)C(C)C(=O)NC(C)C)cc1. The number of aryl methyl sites for hydroxylation is 1. The monoisotopic (exact) mass is 386 g/mol. The predicted octanol–water partition coefficient (Wildman–Crippen LogP) is 4.13. The summed E-state index contributed by atoms with van der Waals surface area (Å²) < 4.78 is 0. The number of carbonyl (C=O) groups excluding carboxylic acids is 2. The summed E-state index contributed by atoms with van der Waals surface area (Å²) in [5.74, 6) is -0.263. The minimum Gasteiger partial charge on any atom is -0.352 e. The van der Waals surface area contributed by atoms with Crippen LogP contribution in [0.25, 0.3) is 0 Å². The molecule has 0 saturated heterocycles. The Balaban J connectivity index is 2.22.